The highest BCUT2D eigenvalue weighted by Crippen LogP contribution is 2.32. The second kappa shape index (κ2) is 8.40. The Balaban J connectivity index is 0.00000210. The van der Waals surface area contributed by atoms with Crippen LogP contribution in [-0.2, 0) is 7.05 Å². The van der Waals surface area contributed by atoms with Gasteiger partial charge >= 0.3 is 0 Å². The summed E-state index contributed by atoms with van der Waals surface area (Å²) >= 11 is 1.79. The maximum absolute atomic E-state index is 2.39. The van der Waals surface area contributed by atoms with Gasteiger partial charge in [0, 0.05) is 29.6 Å². The zero-order valence-corrected chi connectivity index (χ0v) is 18.8. The minimum absolute atomic E-state index is 0. The van der Waals surface area contributed by atoms with E-state index in [1.165, 1.54) is 38.8 Å². The highest BCUT2D eigenvalue weighted by Gasteiger charge is 2.20. The molecule has 0 saturated carbocycles. The van der Waals surface area contributed by atoms with Crippen LogP contribution in [0.4, 0.5) is 5.69 Å². The van der Waals surface area contributed by atoms with Crippen LogP contribution >= 0.6 is 11.3 Å². The Kier molecular flexibility index (Phi) is 6.17. The molecule has 0 atom stereocenters. The molecule has 0 bridgehead atoms. The molecule has 27 heavy (non-hydrogen) atoms. The molecule has 3 aromatic rings. The van der Waals surface area contributed by atoms with E-state index in [1.54, 1.807) is 11.3 Å². The maximum atomic E-state index is 2.39. The van der Waals surface area contributed by atoms with E-state index in [2.05, 4.69) is 103 Å². The highest BCUT2D eigenvalue weighted by molar-refractivity contribution is 7.10. The van der Waals surface area contributed by atoms with Gasteiger partial charge in [-0.3, -0.25) is 0 Å². The Labute approximate surface area is 182 Å². The fourth-order valence-corrected chi connectivity index (χ4v) is 4.43. The van der Waals surface area contributed by atoms with Crippen molar-refractivity contribution < 1.29 is 28.5 Å². The molecule has 0 aliphatic carbocycles. The normalized spacial score (nSPS) is 14.2. The number of hydrogen-bond acceptors (Lipinski definition) is 2. The Morgan fingerprint density at radius 3 is 2.59 bits per heavy atom. The van der Waals surface area contributed by atoms with Crippen molar-refractivity contribution >= 4 is 29.2 Å². The van der Waals surface area contributed by atoms with Crippen molar-refractivity contribution in [2.24, 2.45) is 7.05 Å². The summed E-state index contributed by atoms with van der Waals surface area (Å²) in [4.78, 5) is 2.39. The van der Waals surface area contributed by atoms with Gasteiger partial charge in [-0.05, 0) is 49.8 Å². The number of fused-ring (bicyclic) bond motifs is 1. The van der Waals surface area contributed by atoms with Gasteiger partial charge < -0.3 is 28.9 Å². The zero-order chi connectivity index (χ0) is 18.1. The van der Waals surface area contributed by atoms with Gasteiger partial charge in [0.15, 0.2) is 0 Å². The molecule has 0 fully saturated rings. The van der Waals surface area contributed by atoms with Crippen molar-refractivity contribution in [2.75, 3.05) is 11.4 Å². The minimum atomic E-state index is 0. The first kappa shape index (κ1) is 19.8. The molecule has 0 spiro atoms. The predicted molar refractivity (Wildman–Crippen MR) is 112 cm³/mol. The molecule has 1 aliphatic heterocycles. The van der Waals surface area contributed by atoms with Gasteiger partial charge in [-0.25, -0.2) is 0 Å². The van der Waals surface area contributed by atoms with Gasteiger partial charge in [0.2, 0.25) is 5.69 Å². The molecule has 0 amide bonds. The fourth-order valence-electron chi connectivity index (χ4n) is 3.46. The molecule has 2 aromatic carbocycles. The largest absolute Gasteiger partial charge is 1.00 e. The number of halogens is 1. The lowest BCUT2D eigenvalue weighted by atomic mass is 10.0. The number of likely N-dealkylation sites (N-methyl/N-ethyl adjacent to an activating group) is 1. The lowest BCUT2D eigenvalue weighted by Gasteiger charge is -2.29. The summed E-state index contributed by atoms with van der Waals surface area (Å²) in [6.45, 7) is 5.31. The zero-order valence-electron chi connectivity index (χ0n) is 15.8. The quantitative estimate of drug-likeness (QED) is 0.408. The van der Waals surface area contributed by atoms with E-state index in [0.29, 0.717) is 0 Å². The number of nitrogens with zero attached hydrogens (tertiary/aromatic N) is 2. The summed E-state index contributed by atoms with van der Waals surface area (Å²) in [7, 11) is 2.14. The van der Waals surface area contributed by atoms with Crippen LogP contribution in [0.15, 0.2) is 65.7 Å². The van der Waals surface area contributed by atoms with E-state index < -0.39 is 0 Å². The van der Waals surface area contributed by atoms with Crippen LogP contribution in [-0.4, -0.2) is 6.54 Å². The molecule has 1 aromatic heterocycles. The molecule has 0 N–H and O–H groups in total. The fraction of sp³-hybridized carbons (Fsp3) is 0.174. The Bertz CT molecular complexity index is 1000. The van der Waals surface area contributed by atoms with E-state index in [0.717, 1.165) is 6.54 Å². The third kappa shape index (κ3) is 3.87. The van der Waals surface area contributed by atoms with Crippen LogP contribution in [0.1, 0.15) is 23.1 Å². The van der Waals surface area contributed by atoms with E-state index >= 15 is 0 Å². The average molecular weight is 486 g/mol. The summed E-state index contributed by atoms with van der Waals surface area (Å²) in [5, 5.41) is 3.49. The van der Waals surface area contributed by atoms with Crippen molar-refractivity contribution in [2.45, 2.75) is 13.8 Å². The molecule has 0 saturated heterocycles. The predicted octanol–water partition coefficient (Wildman–Crippen LogP) is 2.45. The van der Waals surface area contributed by atoms with Crippen LogP contribution < -0.4 is 33.4 Å². The van der Waals surface area contributed by atoms with Gasteiger partial charge in [-0.2, -0.15) is 4.57 Å². The number of rotatable bonds is 3. The second-order valence-corrected chi connectivity index (χ2v) is 7.48. The summed E-state index contributed by atoms with van der Waals surface area (Å²) in [5.74, 6) is 0. The molecule has 4 heteroatoms. The molecular weight excluding hydrogens is 463 g/mol. The number of hydrogen-bond donors (Lipinski definition) is 0. The Hall–Kier alpha value is -1.92. The highest BCUT2D eigenvalue weighted by atomic mass is 127. The second-order valence-electron chi connectivity index (χ2n) is 6.59. The van der Waals surface area contributed by atoms with Crippen LogP contribution in [0.3, 0.4) is 0 Å². The van der Waals surface area contributed by atoms with E-state index in [1.807, 2.05) is 0 Å². The first-order valence-electron chi connectivity index (χ1n) is 8.98. The van der Waals surface area contributed by atoms with Crippen molar-refractivity contribution in [1.82, 2.24) is 0 Å². The van der Waals surface area contributed by atoms with E-state index in [4.69, 9.17) is 0 Å². The monoisotopic (exact) mass is 486 g/mol. The number of thiazole rings is 1. The van der Waals surface area contributed by atoms with Gasteiger partial charge in [0.1, 0.15) is 7.05 Å². The van der Waals surface area contributed by atoms with Crippen LogP contribution in [0.5, 0.6) is 0 Å². The topological polar surface area (TPSA) is 7.12 Å². The molecule has 1 aliphatic rings. The van der Waals surface area contributed by atoms with Crippen molar-refractivity contribution in [3.8, 4) is 11.3 Å². The summed E-state index contributed by atoms with van der Waals surface area (Å²) < 4.78 is 2.28. The molecular formula is C23H23IN2S. The van der Waals surface area contributed by atoms with Crippen molar-refractivity contribution in [1.29, 1.82) is 0 Å². The maximum Gasteiger partial charge on any atom is 0.264 e. The third-order valence-electron chi connectivity index (χ3n) is 4.86. The number of aryl methyl sites for hydroxylation is 1. The summed E-state index contributed by atoms with van der Waals surface area (Å²) in [6, 6.07) is 17.2. The average Bonchev–Trinajstić information content (AvgIpc) is 3.03. The number of anilines is 1. The first-order valence-corrected chi connectivity index (χ1v) is 9.86. The smallest absolute Gasteiger partial charge is 0.264 e. The molecule has 4 rings (SSSR count). The first-order chi connectivity index (χ1) is 12.7. The lowest BCUT2D eigenvalue weighted by molar-refractivity contribution is -0.657. The number of allylic oxidation sites excluding steroid dienone is 1. The summed E-state index contributed by atoms with van der Waals surface area (Å²) in [5.41, 5.74) is 7.62. The minimum Gasteiger partial charge on any atom is -1.00 e. The van der Waals surface area contributed by atoms with Crippen molar-refractivity contribution in [3.05, 3.63) is 81.8 Å². The van der Waals surface area contributed by atoms with Crippen LogP contribution in [0.2, 0.25) is 0 Å². The van der Waals surface area contributed by atoms with E-state index in [9.17, 15) is 0 Å². The standard InChI is InChI=1S/C23H23N2S.HI/c1-4-25-20(12-11-19-14-17(2)10-13-21(19)25)15-23-24(3)22(16-26-23)18-8-6-5-7-9-18;/h5-16H,4H2,1-3H3;1H/q+1;/p-1. The van der Waals surface area contributed by atoms with Crippen LogP contribution in [0, 0.1) is 6.92 Å². The summed E-state index contributed by atoms with van der Waals surface area (Å²) in [6.07, 6.45) is 6.75. The molecule has 0 unspecified atom stereocenters. The Morgan fingerprint density at radius 2 is 1.85 bits per heavy atom. The Morgan fingerprint density at radius 1 is 1.07 bits per heavy atom. The number of aromatic nitrogens is 1. The molecule has 2 heterocycles. The SMILES string of the molecule is CCN1/C(=C\c2scc(-c3ccccc3)[n+]2C)C=Cc2cc(C)ccc21.[I-]. The number of benzene rings is 2. The van der Waals surface area contributed by atoms with Gasteiger partial charge in [-0.15, -0.1) is 0 Å². The third-order valence-corrected chi connectivity index (χ3v) is 5.83. The van der Waals surface area contributed by atoms with Crippen molar-refractivity contribution in [3.63, 3.8) is 0 Å². The molecule has 2 nitrogen and oxygen atoms in total. The lowest BCUT2D eigenvalue weighted by Crippen LogP contribution is -3.00. The van der Waals surface area contributed by atoms with Gasteiger partial charge in [-0.1, -0.05) is 47.2 Å². The van der Waals surface area contributed by atoms with Gasteiger partial charge in [0.05, 0.1) is 5.38 Å². The molecule has 138 valence electrons. The van der Waals surface area contributed by atoms with Crippen LogP contribution in [0.25, 0.3) is 23.4 Å². The molecule has 0 radical (unpaired) electrons. The van der Waals surface area contributed by atoms with Gasteiger partial charge in [0.25, 0.3) is 5.01 Å². The van der Waals surface area contributed by atoms with E-state index in [-0.39, 0.29) is 24.0 Å².